The van der Waals surface area contributed by atoms with Gasteiger partial charge in [0.25, 0.3) is 0 Å². The van der Waals surface area contributed by atoms with Gasteiger partial charge in [0.15, 0.2) is 0 Å². The maximum atomic E-state index is 11.8. The number of para-hydroxylation sites is 1. The van der Waals surface area contributed by atoms with Gasteiger partial charge in [0.05, 0.1) is 12.5 Å². The largest absolute Gasteiger partial charge is 0.508 e. The molecule has 4 nitrogen and oxygen atoms in total. The van der Waals surface area contributed by atoms with Gasteiger partial charge in [0, 0.05) is 12.1 Å². The average molecular weight is 263 g/mol. The van der Waals surface area contributed by atoms with Crippen molar-refractivity contribution in [2.75, 3.05) is 6.54 Å². The number of aliphatic hydroxyl groups is 1. The van der Waals surface area contributed by atoms with Crippen molar-refractivity contribution in [1.29, 1.82) is 0 Å². The number of hydrogen-bond acceptors (Lipinski definition) is 3. The number of phenolic OH excluding ortho intramolecular Hbond substituents is 1. The van der Waals surface area contributed by atoms with Crippen LogP contribution in [0.3, 0.4) is 0 Å². The first kappa shape index (κ1) is 13.9. The molecule has 1 fully saturated rings. The molecule has 104 valence electrons. The third-order valence-corrected chi connectivity index (χ3v) is 3.79. The number of amides is 1. The van der Waals surface area contributed by atoms with Gasteiger partial charge in [-0.05, 0) is 24.8 Å². The highest BCUT2D eigenvalue weighted by Crippen LogP contribution is 2.27. The van der Waals surface area contributed by atoms with Crippen molar-refractivity contribution in [2.24, 2.45) is 5.92 Å². The van der Waals surface area contributed by atoms with E-state index in [1.807, 2.05) is 0 Å². The fraction of sp³-hybridized carbons (Fsp3) is 0.533. The first-order valence-electron chi connectivity index (χ1n) is 6.88. The van der Waals surface area contributed by atoms with Crippen molar-refractivity contribution >= 4 is 5.91 Å². The normalized spacial score (nSPS) is 17.3. The van der Waals surface area contributed by atoms with Crippen LogP contribution in [0.4, 0.5) is 0 Å². The molecule has 0 radical (unpaired) electrons. The lowest BCUT2D eigenvalue weighted by atomic mass is 10.0. The molecule has 19 heavy (non-hydrogen) atoms. The van der Waals surface area contributed by atoms with E-state index < -0.39 is 6.10 Å². The summed E-state index contributed by atoms with van der Waals surface area (Å²) in [5, 5.41) is 22.3. The first-order chi connectivity index (χ1) is 9.16. The molecule has 0 aliphatic heterocycles. The second-order valence-corrected chi connectivity index (χ2v) is 5.22. The lowest BCUT2D eigenvalue weighted by Gasteiger charge is -2.18. The van der Waals surface area contributed by atoms with E-state index >= 15 is 0 Å². The Morgan fingerprint density at radius 1 is 1.32 bits per heavy atom. The molecule has 2 rings (SSSR count). The molecule has 1 aliphatic carbocycles. The van der Waals surface area contributed by atoms with E-state index in [0.717, 1.165) is 12.8 Å². The third-order valence-electron chi connectivity index (χ3n) is 3.79. The van der Waals surface area contributed by atoms with Crippen molar-refractivity contribution in [3.05, 3.63) is 29.8 Å². The van der Waals surface area contributed by atoms with E-state index in [0.29, 0.717) is 18.0 Å². The van der Waals surface area contributed by atoms with Crippen LogP contribution in [-0.4, -0.2) is 28.8 Å². The molecule has 3 N–H and O–H groups in total. The minimum atomic E-state index is -0.448. The van der Waals surface area contributed by atoms with Gasteiger partial charge in [0.2, 0.25) is 5.91 Å². The molecule has 1 atom stereocenters. The van der Waals surface area contributed by atoms with Crippen LogP contribution in [0.2, 0.25) is 0 Å². The quantitative estimate of drug-likeness (QED) is 0.756. The maximum Gasteiger partial charge on any atom is 0.224 e. The van der Waals surface area contributed by atoms with Crippen molar-refractivity contribution in [1.82, 2.24) is 5.32 Å². The zero-order valence-corrected chi connectivity index (χ0v) is 11.0. The predicted molar refractivity (Wildman–Crippen MR) is 72.8 cm³/mol. The molecule has 0 bridgehead atoms. The summed E-state index contributed by atoms with van der Waals surface area (Å²) >= 11 is 0. The first-order valence-corrected chi connectivity index (χ1v) is 6.88. The van der Waals surface area contributed by atoms with Crippen LogP contribution in [0.25, 0.3) is 0 Å². The SMILES string of the molecule is O=C(Cc1ccccc1O)NCC(O)C1CCCC1. The van der Waals surface area contributed by atoms with Gasteiger partial charge in [0.1, 0.15) is 5.75 Å². The Bertz CT molecular complexity index is 427. The van der Waals surface area contributed by atoms with Crippen molar-refractivity contribution in [2.45, 2.75) is 38.2 Å². The van der Waals surface area contributed by atoms with Crippen LogP contribution >= 0.6 is 0 Å². The zero-order chi connectivity index (χ0) is 13.7. The van der Waals surface area contributed by atoms with Gasteiger partial charge < -0.3 is 15.5 Å². The molecule has 0 spiro atoms. The van der Waals surface area contributed by atoms with Crippen LogP contribution in [-0.2, 0) is 11.2 Å². The predicted octanol–water partition coefficient (Wildman–Crippen LogP) is 1.60. The van der Waals surface area contributed by atoms with Crippen LogP contribution in [0, 0.1) is 5.92 Å². The molecule has 4 heteroatoms. The Morgan fingerprint density at radius 2 is 2.00 bits per heavy atom. The van der Waals surface area contributed by atoms with E-state index in [-0.39, 0.29) is 18.1 Å². The Morgan fingerprint density at radius 3 is 2.68 bits per heavy atom. The number of aliphatic hydroxyl groups excluding tert-OH is 1. The number of nitrogens with one attached hydrogen (secondary N) is 1. The summed E-state index contributed by atoms with van der Waals surface area (Å²) in [6.07, 6.45) is 4.15. The van der Waals surface area contributed by atoms with E-state index in [1.54, 1.807) is 24.3 Å². The Kier molecular flexibility index (Phi) is 4.80. The van der Waals surface area contributed by atoms with Gasteiger partial charge in [-0.3, -0.25) is 4.79 Å². The molecular weight excluding hydrogens is 242 g/mol. The van der Waals surface area contributed by atoms with E-state index in [9.17, 15) is 15.0 Å². The molecule has 1 aliphatic rings. The van der Waals surface area contributed by atoms with Gasteiger partial charge in [-0.15, -0.1) is 0 Å². The number of rotatable bonds is 5. The minimum Gasteiger partial charge on any atom is -0.508 e. The summed E-state index contributed by atoms with van der Waals surface area (Å²) in [5.74, 6) is 0.290. The highest BCUT2D eigenvalue weighted by atomic mass is 16.3. The van der Waals surface area contributed by atoms with Crippen molar-refractivity contribution in [3.8, 4) is 5.75 Å². The van der Waals surface area contributed by atoms with Gasteiger partial charge >= 0.3 is 0 Å². The lowest BCUT2D eigenvalue weighted by molar-refractivity contribution is -0.121. The topological polar surface area (TPSA) is 69.6 Å². The fourth-order valence-electron chi connectivity index (χ4n) is 2.62. The Balaban J connectivity index is 1.77. The summed E-state index contributed by atoms with van der Waals surface area (Å²) in [4.78, 5) is 11.8. The highest BCUT2D eigenvalue weighted by molar-refractivity contribution is 5.79. The number of carbonyl (C=O) groups is 1. The fourth-order valence-corrected chi connectivity index (χ4v) is 2.62. The molecule has 1 saturated carbocycles. The van der Waals surface area contributed by atoms with Crippen LogP contribution in [0.5, 0.6) is 5.75 Å². The van der Waals surface area contributed by atoms with Gasteiger partial charge in [-0.2, -0.15) is 0 Å². The number of carbonyl (C=O) groups excluding carboxylic acids is 1. The zero-order valence-electron chi connectivity index (χ0n) is 11.0. The third kappa shape index (κ3) is 3.96. The average Bonchev–Trinajstić information content (AvgIpc) is 2.93. The molecule has 1 unspecified atom stereocenters. The van der Waals surface area contributed by atoms with E-state index in [1.165, 1.54) is 12.8 Å². The lowest BCUT2D eigenvalue weighted by Crippen LogP contribution is -2.36. The smallest absolute Gasteiger partial charge is 0.224 e. The highest BCUT2D eigenvalue weighted by Gasteiger charge is 2.23. The minimum absolute atomic E-state index is 0.133. The Labute approximate surface area is 113 Å². The summed E-state index contributed by atoms with van der Waals surface area (Å²) in [7, 11) is 0. The Hall–Kier alpha value is -1.55. The molecular formula is C15H21NO3. The number of hydrogen-bond donors (Lipinski definition) is 3. The molecule has 0 heterocycles. The number of benzene rings is 1. The number of aromatic hydroxyl groups is 1. The monoisotopic (exact) mass is 263 g/mol. The molecule has 1 aromatic carbocycles. The van der Waals surface area contributed by atoms with Gasteiger partial charge in [-0.1, -0.05) is 31.0 Å². The van der Waals surface area contributed by atoms with Crippen LogP contribution < -0.4 is 5.32 Å². The standard InChI is InChI=1S/C15H21NO3/c17-13-8-4-3-7-12(13)9-15(19)16-10-14(18)11-5-1-2-6-11/h3-4,7-8,11,14,17-18H,1-2,5-6,9-10H2,(H,16,19). The summed E-state index contributed by atoms with van der Waals surface area (Å²) < 4.78 is 0. The second kappa shape index (κ2) is 6.57. The van der Waals surface area contributed by atoms with E-state index in [2.05, 4.69) is 5.32 Å². The van der Waals surface area contributed by atoms with E-state index in [4.69, 9.17) is 0 Å². The molecule has 1 aromatic rings. The van der Waals surface area contributed by atoms with Crippen molar-refractivity contribution < 1.29 is 15.0 Å². The van der Waals surface area contributed by atoms with Crippen molar-refractivity contribution in [3.63, 3.8) is 0 Å². The van der Waals surface area contributed by atoms with Gasteiger partial charge in [-0.25, -0.2) is 0 Å². The maximum absolute atomic E-state index is 11.8. The molecule has 0 aromatic heterocycles. The summed E-state index contributed by atoms with van der Waals surface area (Å²) in [6.45, 7) is 0.303. The summed E-state index contributed by atoms with van der Waals surface area (Å²) in [6, 6.07) is 6.80. The number of phenols is 1. The summed E-state index contributed by atoms with van der Waals surface area (Å²) in [5.41, 5.74) is 0.607. The van der Waals surface area contributed by atoms with Crippen LogP contribution in [0.15, 0.2) is 24.3 Å². The van der Waals surface area contributed by atoms with Crippen LogP contribution in [0.1, 0.15) is 31.2 Å². The molecule has 0 saturated heterocycles. The molecule has 1 amide bonds. The second-order valence-electron chi connectivity index (χ2n) is 5.22.